The van der Waals surface area contributed by atoms with Crippen LogP contribution in [0.25, 0.3) is 0 Å². The molecule has 0 saturated carbocycles. The monoisotopic (exact) mass is 854 g/mol. The second-order valence-corrected chi connectivity index (χ2v) is 16.7. The van der Waals surface area contributed by atoms with Gasteiger partial charge in [0.15, 0.2) is 6.10 Å². The van der Waals surface area contributed by atoms with Crippen molar-refractivity contribution in [3.05, 3.63) is 60.8 Å². The zero-order valence-electron chi connectivity index (χ0n) is 36.9. The Kier molecular flexibility index (Phi) is 40.6. The molecule has 0 aromatic rings. The fourth-order valence-corrected chi connectivity index (χ4v) is 6.77. The molecule has 0 bridgehead atoms. The number of phosphoric acid groups is 1. The van der Waals surface area contributed by atoms with Crippen molar-refractivity contribution in [2.45, 2.75) is 199 Å². The number of rotatable bonds is 42. The number of aliphatic hydroxyl groups is 2. The summed E-state index contributed by atoms with van der Waals surface area (Å²) < 4.78 is 32.6. The molecule has 12 heteroatoms. The maximum absolute atomic E-state index is 12.6. The molecule has 5 N–H and O–H groups in total. The van der Waals surface area contributed by atoms with Crippen molar-refractivity contribution in [1.82, 2.24) is 0 Å². The standard InChI is InChI=1S/C47H84NO10P/c1-3-5-7-9-11-13-15-17-18-19-20-21-22-23-25-27-29-31-33-37-47(52)58-43(42-57-59(53,54)56-40-39-48)41-55-46(51)38-34-36-45(50)44(49)35-32-30-28-26-24-16-14-12-10-8-6-4-2/h11-14,17-18,24,26,30,32,43-45,49-50H,3-10,15-16,19-23,25,27-29,31,33-42,48H2,1-2H3,(H,53,54)/b13-11-,14-12-,18-17-,26-24-,32-30-/t43-,44?,45?/m1/s1. The van der Waals surface area contributed by atoms with Crippen molar-refractivity contribution >= 4 is 19.8 Å². The highest BCUT2D eigenvalue weighted by Gasteiger charge is 2.26. The third-order valence-corrected chi connectivity index (χ3v) is 10.6. The first-order chi connectivity index (χ1) is 28.6. The Morgan fingerprint density at radius 3 is 1.59 bits per heavy atom. The van der Waals surface area contributed by atoms with E-state index in [1.54, 1.807) is 0 Å². The Morgan fingerprint density at radius 2 is 1.05 bits per heavy atom. The normalized spacial score (nSPS) is 14.9. The van der Waals surface area contributed by atoms with Crippen molar-refractivity contribution in [3.8, 4) is 0 Å². The van der Waals surface area contributed by atoms with Crippen molar-refractivity contribution in [2.24, 2.45) is 5.73 Å². The predicted octanol–water partition coefficient (Wildman–Crippen LogP) is 11.2. The zero-order valence-corrected chi connectivity index (χ0v) is 37.8. The van der Waals surface area contributed by atoms with Crippen LogP contribution >= 0.6 is 7.82 Å². The molecule has 0 aliphatic heterocycles. The lowest BCUT2D eigenvalue weighted by Crippen LogP contribution is -2.30. The molecule has 11 nitrogen and oxygen atoms in total. The van der Waals surface area contributed by atoms with E-state index in [9.17, 15) is 29.3 Å². The highest BCUT2D eigenvalue weighted by Crippen LogP contribution is 2.43. The van der Waals surface area contributed by atoms with Crippen LogP contribution in [0, 0.1) is 0 Å². The smallest absolute Gasteiger partial charge is 0.462 e. The molecule has 59 heavy (non-hydrogen) atoms. The van der Waals surface area contributed by atoms with Crippen molar-refractivity contribution < 1.29 is 47.8 Å². The third-order valence-electron chi connectivity index (χ3n) is 9.58. The van der Waals surface area contributed by atoms with E-state index in [0.717, 1.165) is 51.4 Å². The molecule has 0 radical (unpaired) electrons. The largest absolute Gasteiger partial charge is 0.472 e. The van der Waals surface area contributed by atoms with Gasteiger partial charge in [0.1, 0.15) is 6.61 Å². The molecule has 3 unspecified atom stereocenters. The van der Waals surface area contributed by atoms with E-state index >= 15 is 0 Å². The first kappa shape index (κ1) is 56.6. The number of allylic oxidation sites excluding steroid dienone is 9. The topological polar surface area (TPSA) is 175 Å². The summed E-state index contributed by atoms with van der Waals surface area (Å²) in [7, 11) is -4.45. The van der Waals surface area contributed by atoms with Crippen LogP contribution in [0.5, 0.6) is 0 Å². The summed E-state index contributed by atoms with van der Waals surface area (Å²) in [5, 5.41) is 20.7. The SMILES string of the molecule is CCCCC/C=C\C/C=C\C/C=C\CC(O)C(O)CCCC(=O)OC[C@H](COP(=O)(O)OCCN)OC(=O)CCCCCCCCCCC/C=C\C/C=C\CCCCC. The maximum atomic E-state index is 12.6. The van der Waals surface area contributed by atoms with E-state index in [1.165, 1.54) is 77.0 Å². The van der Waals surface area contributed by atoms with Crippen LogP contribution in [0.3, 0.4) is 0 Å². The second kappa shape index (κ2) is 42.3. The lowest BCUT2D eigenvalue weighted by Gasteiger charge is -2.20. The van der Waals surface area contributed by atoms with Crippen molar-refractivity contribution in [2.75, 3.05) is 26.4 Å². The van der Waals surface area contributed by atoms with Crippen LogP contribution in [0.15, 0.2) is 60.8 Å². The third kappa shape index (κ3) is 40.8. The molecule has 0 aliphatic carbocycles. The van der Waals surface area contributed by atoms with Gasteiger partial charge in [-0.15, -0.1) is 0 Å². The highest BCUT2D eigenvalue weighted by molar-refractivity contribution is 7.47. The number of phosphoric ester groups is 1. The Bertz CT molecular complexity index is 1190. The molecule has 0 amide bonds. The van der Waals surface area contributed by atoms with Gasteiger partial charge >= 0.3 is 19.8 Å². The highest BCUT2D eigenvalue weighted by atomic mass is 31.2. The molecule has 0 rings (SSSR count). The Morgan fingerprint density at radius 1 is 0.576 bits per heavy atom. The van der Waals surface area contributed by atoms with Crippen LogP contribution in [-0.4, -0.2) is 71.7 Å². The molecule has 0 heterocycles. The fraction of sp³-hybridized carbons (Fsp3) is 0.745. The molecule has 0 fully saturated rings. The number of aliphatic hydroxyl groups excluding tert-OH is 2. The van der Waals surface area contributed by atoms with Gasteiger partial charge in [-0.2, -0.15) is 0 Å². The number of hydrogen-bond donors (Lipinski definition) is 4. The number of hydrogen-bond acceptors (Lipinski definition) is 10. The molecule has 4 atom stereocenters. The van der Waals surface area contributed by atoms with Crippen molar-refractivity contribution in [1.29, 1.82) is 0 Å². The Balaban J connectivity index is 4.36. The molecule has 0 aliphatic rings. The van der Waals surface area contributed by atoms with Gasteiger partial charge in [-0.3, -0.25) is 18.6 Å². The summed E-state index contributed by atoms with van der Waals surface area (Å²) in [6, 6.07) is 0. The van der Waals surface area contributed by atoms with Gasteiger partial charge in [0, 0.05) is 19.4 Å². The Labute approximate surface area is 358 Å². The first-order valence-corrected chi connectivity index (χ1v) is 24.4. The number of nitrogens with two attached hydrogens (primary N) is 1. The average molecular weight is 854 g/mol. The van der Waals surface area contributed by atoms with Gasteiger partial charge in [0.2, 0.25) is 0 Å². The molecule has 0 spiro atoms. The number of unbranched alkanes of at least 4 members (excludes halogenated alkanes) is 15. The van der Waals surface area contributed by atoms with Gasteiger partial charge in [0.05, 0.1) is 25.4 Å². The number of esters is 2. The van der Waals surface area contributed by atoms with Crippen LogP contribution in [0.1, 0.15) is 181 Å². The summed E-state index contributed by atoms with van der Waals surface area (Å²) in [5.41, 5.74) is 5.34. The number of ether oxygens (including phenoxy) is 2. The summed E-state index contributed by atoms with van der Waals surface area (Å²) in [6.07, 6.45) is 42.8. The van der Waals surface area contributed by atoms with Crippen LogP contribution in [0.4, 0.5) is 0 Å². The van der Waals surface area contributed by atoms with Gasteiger partial charge < -0.3 is 30.3 Å². The molecule has 0 saturated heterocycles. The van der Waals surface area contributed by atoms with Gasteiger partial charge in [-0.25, -0.2) is 4.57 Å². The minimum atomic E-state index is -4.45. The summed E-state index contributed by atoms with van der Waals surface area (Å²) in [6.45, 7) is 3.34. The molecule has 342 valence electrons. The summed E-state index contributed by atoms with van der Waals surface area (Å²) in [5.74, 6) is -1.12. The van der Waals surface area contributed by atoms with E-state index in [2.05, 4.69) is 62.5 Å². The molecular weight excluding hydrogens is 769 g/mol. The summed E-state index contributed by atoms with van der Waals surface area (Å²) >= 11 is 0. The average Bonchev–Trinajstić information content (AvgIpc) is 3.22. The van der Waals surface area contributed by atoms with Crippen molar-refractivity contribution in [3.63, 3.8) is 0 Å². The summed E-state index contributed by atoms with van der Waals surface area (Å²) in [4.78, 5) is 35.0. The van der Waals surface area contributed by atoms with E-state index in [4.69, 9.17) is 24.3 Å². The number of carbonyl (C=O) groups is 2. The van der Waals surface area contributed by atoms with Crippen LogP contribution in [-0.2, 0) is 32.7 Å². The first-order valence-electron chi connectivity index (χ1n) is 22.9. The fourth-order valence-electron chi connectivity index (χ4n) is 6.00. The van der Waals surface area contributed by atoms with Gasteiger partial charge in [-0.1, -0.05) is 145 Å². The minimum Gasteiger partial charge on any atom is -0.462 e. The van der Waals surface area contributed by atoms with Gasteiger partial charge in [-0.05, 0) is 83.5 Å². The van der Waals surface area contributed by atoms with E-state index in [1.807, 2.05) is 12.2 Å². The predicted molar refractivity (Wildman–Crippen MR) is 241 cm³/mol. The van der Waals surface area contributed by atoms with E-state index in [-0.39, 0.29) is 45.4 Å². The van der Waals surface area contributed by atoms with E-state index < -0.39 is 44.7 Å². The van der Waals surface area contributed by atoms with Gasteiger partial charge in [0.25, 0.3) is 0 Å². The van der Waals surface area contributed by atoms with E-state index in [0.29, 0.717) is 12.8 Å². The molecule has 0 aromatic carbocycles. The molecular formula is C47H84NO10P. The molecule has 0 aromatic heterocycles. The Hall–Kier alpha value is -2.37. The minimum absolute atomic E-state index is 0.0110. The second-order valence-electron chi connectivity index (χ2n) is 15.2. The van der Waals surface area contributed by atoms with Crippen LogP contribution < -0.4 is 5.73 Å². The lowest BCUT2D eigenvalue weighted by molar-refractivity contribution is -0.161. The quantitative estimate of drug-likeness (QED) is 0.0199. The lowest BCUT2D eigenvalue weighted by atomic mass is 10.0. The number of carbonyl (C=O) groups excluding carboxylic acids is 2. The maximum Gasteiger partial charge on any atom is 0.472 e. The zero-order chi connectivity index (χ0) is 43.5. The van der Waals surface area contributed by atoms with Crippen LogP contribution in [0.2, 0.25) is 0 Å².